The first kappa shape index (κ1) is 19.2. The molecule has 1 aromatic carbocycles. The Hall–Kier alpha value is -0.850. The minimum absolute atomic E-state index is 0. The van der Waals surface area contributed by atoms with E-state index in [0.717, 1.165) is 5.56 Å². The van der Waals surface area contributed by atoms with E-state index >= 15 is 0 Å². The van der Waals surface area contributed by atoms with E-state index in [2.05, 4.69) is 10.6 Å². The van der Waals surface area contributed by atoms with Crippen molar-refractivity contribution < 1.29 is 14.3 Å². The van der Waals surface area contributed by atoms with Crippen LogP contribution in [0.25, 0.3) is 0 Å². The zero-order valence-corrected chi connectivity index (χ0v) is 14.2. The maximum Gasteiger partial charge on any atom is 0.239 e. The lowest BCUT2D eigenvalue weighted by Gasteiger charge is -2.29. The summed E-state index contributed by atoms with van der Waals surface area (Å²) in [5.41, 5.74) is 0.975. The summed E-state index contributed by atoms with van der Waals surface area (Å²) in [6.45, 7) is 3.62. The van der Waals surface area contributed by atoms with Crippen molar-refractivity contribution in [2.75, 3.05) is 26.8 Å². The lowest BCUT2D eigenvalue weighted by atomic mass is 10.1. The van der Waals surface area contributed by atoms with Crippen molar-refractivity contribution in [2.45, 2.75) is 25.2 Å². The summed E-state index contributed by atoms with van der Waals surface area (Å²) in [4.78, 5) is 12.2. The standard InChI is InChI=1S/C15H21ClN2O3.ClH/c1-10-14(17-7-8-21-10)15(19)18-9-13(20-2)11-3-5-12(16)6-4-11;/h3-6,10,13-14,17H,7-9H2,1-2H3,(H,18,19);1H/t10-,13?,14+;/m1./s1. The molecule has 0 bridgehead atoms. The number of ether oxygens (including phenoxy) is 2. The van der Waals surface area contributed by atoms with Gasteiger partial charge in [0.2, 0.25) is 5.91 Å². The summed E-state index contributed by atoms with van der Waals surface area (Å²) < 4.78 is 10.9. The summed E-state index contributed by atoms with van der Waals surface area (Å²) in [6.07, 6.45) is -0.332. The largest absolute Gasteiger partial charge is 0.375 e. The van der Waals surface area contributed by atoms with Gasteiger partial charge in [-0.2, -0.15) is 0 Å². The fourth-order valence-electron chi connectivity index (χ4n) is 2.35. The average Bonchev–Trinajstić information content (AvgIpc) is 2.49. The number of nitrogens with one attached hydrogen (secondary N) is 2. The third-order valence-electron chi connectivity index (χ3n) is 3.59. The average molecular weight is 349 g/mol. The highest BCUT2D eigenvalue weighted by molar-refractivity contribution is 6.30. The lowest BCUT2D eigenvalue weighted by molar-refractivity contribution is -0.129. The maximum absolute atomic E-state index is 12.2. The molecule has 1 aromatic rings. The highest BCUT2D eigenvalue weighted by Gasteiger charge is 2.28. The first-order valence-corrected chi connectivity index (χ1v) is 7.40. The molecular formula is C15H22Cl2N2O3. The van der Waals surface area contributed by atoms with Crippen LogP contribution in [0.5, 0.6) is 0 Å². The number of halogens is 2. The van der Waals surface area contributed by atoms with Gasteiger partial charge in [-0.1, -0.05) is 23.7 Å². The van der Waals surface area contributed by atoms with Crippen molar-refractivity contribution in [3.8, 4) is 0 Å². The molecule has 7 heteroatoms. The molecule has 0 aliphatic carbocycles. The first-order valence-electron chi connectivity index (χ1n) is 7.02. The number of hydrogen-bond acceptors (Lipinski definition) is 4. The fraction of sp³-hybridized carbons (Fsp3) is 0.533. The number of carbonyl (C=O) groups excluding carboxylic acids is 1. The van der Waals surface area contributed by atoms with Crippen molar-refractivity contribution in [3.63, 3.8) is 0 Å². The van der Waals surface area contributed by atoms with Crippen LogP contribution in [-0.2, 0) is 14.3 Å². The van der Waals surface area contributed by atoms with Crippen LogP contribution in [0.3, 0.4) is 0 Å². The van der Waals surface area contributed by atoms with Crippen LogP contribution < -0.4 is 10.6 Å². The van der Waals surface area contributed by atoms with E-state index in [9.17, 15) is 4.79 Å². The highest BCUT2D eigenvalue weighted by Crippen LogP contribution is 2.18. The van der Waals surface area contributed by atoms with Gasteiger partial charge in [0.25, 0.3) is 0 Å². The van der Waals surface area contributed by atoms with Gasteiger partial charge in [0.1, 0.15) is 6.04 Å². The monoisotopic (exact) mass is 348 g/mol. The summed E-state index contributed by atoms with van der Waals surface area (Å²) >= 11 is 5.87. The van der Waals surface area contributed by atoms with Crippen molar-refractivity contribution >= 4 is 29.9 Å². The van der Waals surface area contributed by atoms with E-state index in [4.69, 9.17) is 21.1 Å². The van der Waals surface area contributed by atoms with Crippen LogP contribution in [0.1, 0.15) is 18.6 Å². The molecule has 1 unspecified atom stereocenters. The van der Waals surface area contributed by atoms with Crippen LogP contribution in [0.2, 0.25) is 5.02 Å². The van der Waals surface area contributed by atoms with E-state index < -0.39 is 0 Å². The quantitative estimate of drug-likeness (QED) is 0.853. The third kappa shape index (κ3) is 5.11. The summed E-state index contributed by atoms with van der Waals surface area (Å²) in [5.74, 6) is -0.0711. The Morgan fingerprint density at radius 1 is 1.50 bits per heavy atom. The Morgan fingerprint density at radius 3 is 2.77 bits per heavy atom. The maximum atomic E-state index is 12.2. The van der Waals surface area contributed by atoms with E-state index in [0.29, 0.717) is 24.7 Å². The number of carbonyl (C=O) groups is 1. The number of amides is 1. The second-order valence-corrected chi connectivity index (χ2v) is 5.47. The number of morpholine rings is 1. The zero-order valence-electron chi connectivity index (χ0n) is 12.7. The molecule has 1 aliphatic heterocycles. The molecule has 5 nitrogen and oxygen atoms in total. The number of benzene rings is 1. The van der Waals surface area contributed by atoms with Crippen molar-refractivity contribution in [2.24, 2.45) is 0 Å². The SMILES string of the molecule is COC(CNC(=O)[C@H]1NCCO[C@@H]1C)c1ccc(Cl)cc1.Cl. The number of hydrogen-bond donors (Lipinski definition) is 2. The second-order valence-electron chi connectivity index (χ2n) is 5.03. The van der Waals surface area contributed by atoms with Crippen molar-refractivity contribution in [3.05, 3.63) is 34.9 Å². The molecule has 124 valence electrons. The highest BCUT2D eigenvalue weighted by atomic mass is 35.5. The van der Waals surface area contributed by atoms with Crippen LogP contribution >= 0.6 is 24.0 Å². The predicted molar refractivity (Wildman–Crippen MR) is 88.7 cm³/mol. The molecule has 1 fully saturated rings. The van der Waals surface area contributed by atoms with Crippen molar-refractivity contribution in [1.82, 2.24) is 10.6 Å². The topological polar surface area (TPSA) is 59.6 Å². The normalized spacial score (nSPS) is 22.5. The Kier molecular flexibility index (Phi) is 8.14. The van der Waals surface area contributed by atoms with Gasteiger partial charge in [-0.05, 0) is 24.6 Å². The van der Waals surface area contributed by atoms with Crippen LogP contribution in [0.4, 0.5) is 0 Å². The molecule has 3 atom stereocenters. The van der Waals surface area contributed by atoms with Crippen LogP contribution in [-0.4, -0.2) is 44.9 Å². The zero-order chi connectivity index (χ0) is 15.2. The molecule has 0 radical (unpaired) electrons. The minimum Gasteiger partial charge on any atom is -0.375 e. The number of rotatable bonds is 5. The van der Waals surface area contributed by atoms with Gasteiger partial charge in [0.15, 0.2) is 0 Å². The molecule has 1 amide bonds. The number of methoxy groups -OCH3 is 1. The van der Waals surface area contributed by atoms with Gasteiger partial charge in [0, 0.05) is 25.2 Å². The first-order chi connectivity index (χ1) is 10.1. The van der Waals surface area contributed by atoms with E-state index in [1.807, 2.05) is 31.2 Å². The smallest absolute Gasteiger partial charge is 0.239 e. The van der Waals surface area contributed by atoms with Gasteiger partial charge in [0.05, 0.1) is 18.8 Å². The van der Waals surface area contributed by atoms with Gasteiger partial charge >= 0.3 is 0 Å². The molecule has 0 aromatic heterocycles. The molecule has 0 spiro atoms. The van der Waals surface area contributed by atoms with Gasteiger partial charge in [-0.3, -0.25) is 4.79 Å². The Balaban J connectivity index is 0.00000242. The minimum atomic E-state index is -0.318. The molecule has 2 N–H and O–H groups in total. The molecule has 2 rings (SSSR count). The van der Waals surface area contributed by atoms with Gasteiger partial charge in [-0.25, -0.2) is 0 Å². The fourth-order valence-corrected chi connectivity index (χ4v) is 2.47. The molecule has 1 aliphatic rings. The predicted octanol–water partition coefficient (Wildman–Crippen LogP) is 1.94. The van der Waals surface area contributed by atoms with E-state index in [-0.39, 0.29) is 36.6 Å². The molecule has 1 heterocycles. The Morgan fingerprint density at radius 2 is 2.18 bits per heavy atom. The molecule has 1 saturated heterocycles. The van der Waals surface area contributed by atoms with E-state index in [1.165, 1.54) is 0 Å². The van der Waals surface area contributed by atoms with Gasteiger partial charge in [-0.15, -0.1) is 12.4 Å². The molecular weight excluding hydrogens is 327 g/mol. The third-order valence-corrected chi connectivity index (χ3v) is 3.84. The van der Waals surface area contributed by atoms with Crippen LogP contribution in [0, 0.1) is 0 Å². The summed E-state index contributed by atoms with van der Waals surface area (Å²) in [5, 5.41) is 6.75. The molecule has 22 heavy (non-hydrogen) atoms. The Labute approximate surface area is 142 Å². The second kappa shape index (κ2) is 9.33. The van der Waals surface area contributed by atoms with Gasteiger partial charge < -0.3 is 20.1 Å². The Bertz CT molecular complexity index is 470. The van der Waals surface area contributed by atoms with Crippen molar-refractivity contribution in [1.29, 1.82) is 0 Å². The summed E-state index contributed by atoms with van der Waals surface area (Å²) in [6, 6.07) is 7.09. The van der Waals surface area contributed by atoms with Crippen LogP contribution in [0.15, 0.2) is 24.3 Å². The molecule has 0 saturated carbocycles. The summed E-state index contributed by atoms with van der Waals surface area (Å²) in [7, 11) is 1.62. The lowest BCUT2D eigenvalue weighted by Crippen LogP contribution is -2.55. The van der Waals surface area contributed by atoms with E-state index in [1.54, 1.807) is 7.11 Å².